The van der Waals surface area contributed by atoms with Crippen LogP contribution in [0, 0.1) is 5.92 Å². The Morgan fingerprint density at radius 1 is 1.28 bits per heavy atom. The fourth-order valence-corrected chi connectivity index (χ4v) is 2.98. The highest BCUT2D eigenvalue weighted by Gasteiger charge is 2.23. The van der Waals surface area contributed by atoms with Crippen LogP contribution in [0.4, 0.5) is 0 Å². The Hall–Kier alpha value is -2.48. The van der Waals surface area contributed by atoms with Crippen LogP contribution in [0.2, 0.25) is 0 Å². The average Bonchev–Trinajstić information content (AvgIpc) is 3.05. The number of carbonyl (C=O) groups is 3. The minimum Gasteiger partial charge on any atom is -0.467 e. The number of esters is 2. The number of thiazole rings is 1. The number of fused-ring (bicyclic) bond motifs is 1. The largest absolute Gasteiger partial charge is 0.467 e. The predicted molar refractivity (Wildman–Crippen MR) is 93.3 cm³/mol. The molecule has 2 aromatic rings. The van der Waals surface area contributed by atoms with E-state index in [0.717, 1.165) is 10.2 Å². The smallest absolute Gasteiger partial charge is 0.338 e. The van der Waals surface area contributed by atoms with Gasteiger partial charge < -0.3 is 14.8 Å². The quantitative estimate of drug-likeness (QED) is 0.757. The van der Waals surface area contributed by atoms with E-state index in [0.29, 0.717) is 12.0 Å². The molecule has 0 radical (unpaired) electrons. The molecular formula is C17H20N2O5S. The Morgan fingerprint density at radius 3 is 2.72 bits per heavy atom. The van der Waals surface area contributed by atoms with Crippen molar-refractivity contribution in [2.24, 2.45) is 5.92 Å². The van der Waals surface area contributed by atoms with Gasteiger partial charge in [-0.2, -0.15) is 0 Å². The van der Waals surface area contributed by atoms with Gasteiger partial charge in [0.1, 0.15) is 6.04 Å². The zero-order valence-corrected chi connectivity index (χ0v) is 15.1. The van der Waals surface area contributed by atoms with Gasteiger partial charge in [-0.3, -0.25) is 4.79 Å². The SMILES string of the molecule is COC(=O)[C@H](CC(C)C)NC(=O)COC(=O)c1ccc2ncsc2c1. The number of hydrogen-bond donors (Lipinski definition) is 1. The maximum Gasteiger partial charge on any atom is 0.338 e. The molecule has 134 valence electrons. The number of nitrogens with one attached hydrogen (secondary N) is 1. The molecule has 1 aromatic heterocycles. The molecule has 2 rings (SSSR count). The standard InChI is InChI=1S/C17H20N2O5S/c1-10(2)6-13(17(22)23-3)19-15(20)8-24-16(21)11-4-5-12-14(7-11)25-9-18-12/h4-5,7,9-10,13H,6,8H2,1-3H3,(H,19,20)/t13-/m0/s1. The van der Waals surface area contributed by atoms with Crippen molar-refractivity contribution in [1.29, 1.82) is 0 Å². The number of rotatable bonds is 7. The fraction of sp³-hybridized carbons (Fsp3) is 0.412. The minimum atomic E-state index is -0.759. The first-order valence-electron chi connectivity index (χ1n) is 7.78. The van der Waals surface area contributed by atoms with Gasteiger partial charge in [0.05, 0.1) is 28.4 Å². The van der Waals surface area contributed by atoms with Gasteiger partial charge in [0.15, 0.2) is 6.61 Å². The summed E-state index contributed by atoms with van der Waals surface area (Å²) < 4.78 is 10.6. The molecule has 1 heterocycles. The summed E-state index contributed by atoms with van der Waals surface area (Å²) in [6.45, 7) is 3.39. The minimum absolute atomic E-state index is 0.193. The van der Waals surface area contributed by atoms with Crippen LogP contribution in [0.5, 0.6) is 0 Å². The van der Waals surface area contributed by atoms with Gasteiger partial charge in [0, 0.05) is 0 Å². The first-order chi connectivity index (χ1) is 11.9. The Kier molecular flexibility index (Phi) is 6.46. The van der Waals surface area contributed by atoms with Crippen LogP contribution in [-0.2, 0) is 19.1 Å². The lowest BCUT2D eigenvalue weighted by Crippen LogP contribution is -2.44. The van der Waals surface area contributed by atoms with Crippen molar-refractivity contribution in [3.05, 3.63) is 29.3 Å². The normalized spacial score (nSPS) is 12.0. The molecular weight excluding hydrogens is 344 g/mol. The third kappa shape index (κ3) is 5.25. The molecule has 7 nitrogen and oxygen atoms in total. The lowest BCUT2D eigenvalue weighted by atomic mass is 10.0. The second-order valence-corrected chi connectivity index (χ2v) is 6.77. The summed E-state index contributed by atoms with van der Waals surface area (Å²) in [5.74, 6) is -1.49. The molecule has 0 unspecified atom stereocenters. The Labute approximate surface area is 149 Å². The monoisotopic (exact) mass is 364 g/mol. The lowest BCUT2D eigenvalue weighted by molar-refractivity contribution is -0.145. The third-order valence-corrected chi connectivity index (χ3v) is 4.22. The number of nitrogens with zero attached hydrogens (tertiary/aromatic N) is 1. The summed E-state index contributed by atoms with van der Waals surface area (Å²) in [5, 5.41) is 2.53. The van der Waals surface area contributed by atoms with Crippen LogP contribution in [0.15, 0.2) is 23.7 Å². The maximum absolute atomic E-state index is 12.1. The van der Waals surface area contributed by atoms with Crippen molar-refractivity contribution in [2.75, 3.05) is 13.7 Å². The molecule has 0 aliphatic rings. The number of aromatic nitrogens is 1. The molecule has 0 fully saturated rings. The number of ether oxygens (including phenoxy) is 2. The van der Waals surface area contributed by atoms with Gasteiger partial charge in [0.2, 0.25) is 0 Å². The van der Waals surface area contributed by atoms with Crippen LogP contribution < -0.4 is 5.32 Å². The second kappa shape index (κ2) is 8.57. The van der Waals surface area contributed by atoms with Gasteiger partial charge in [-0.05, 0) is 30.5 Å². The summed E-state index contributed by atoms with van der Waals surface area (Å²) in [4.78, 5) is 39.8. The molecule has 1 aromatic carbocycles. The highest BCUT2D eigenvalue weighted by molar-refractivity contribution is 7.16. The van der Waals surface area contributed by atoms with Gasteiger partial charge in [-0.25, -0.2) is 14.6 Å². The van der Waals surface area contributed by atoms with Gasteiger partial charge in [-0.1, -0.05) is 13.8 Å². The summed E-state index contributed by atoms with van der Waals surface area (Å²) in [6, 6.07) is 4.23. The van der Waals surface area contributed by atoms with Crippen molar-refractivity contribution in [3.63, 3.8) is 0 Å². The van der Waals surface area contributed by atoms with Gasteiger partial charge >= 0.3 is 11.9 Å². The molecule has 0 saturated carbocycles. The van der Waals surface area contributed by atoms with Gasteiger partial charge in [0.25, 0.3) is 5.91 Å². The van der Waals surface area contributed by atoms with E-state index >= 15 is 0 Å². The van der Waals surface area contributed by atoms with E-state index in [9.17, 15) is 14.4 Å². The van der Waals surface area contributed by atoms with Crippen LogP contribution in [0.25, 0.3) is 10.2 Å². The summed E-state index contributed by atoms with van der Waals surface area (Å²) in [6.07, 6.45) is 0.439. The van der Waals surface area contributed by atoms with E-state index in [1.807, 2.05) is 13.8 Å². The van der Waals surface area contributed by atoms with Crippen LogP contribution in [0.1, 0.15) is 30.6 Å². The molecule has 25 heavy (non-hydrogen) atoms. The molecule has 8 heteroatoms. The van der Waals surface area contributed by atoms with E-state index in [4.69, 9.17) is 4.74 Å². The van der Waals surface area contributed by atoms with Crippen LogP contribution in [-0.4, -0.2) is 42.6 Å². The van der Waals surface area contributed by atoms with E-state index < -0.39 is 30.5 Å². The molecule has 0 aliphatic carbocycles. The second-order valence-electron chi connectivity index (χ2n) is 5.88. The zero-order valence-electron chi connectivity index (χ0n) is 14.3. The molecule has 0 aliphatic heterocycles. The topological polar surface area (TPSA) is 94.6 Å². The van der Waals surface area contributed by atoms with Crippen molar-refractivity contribution in [2.45, 2.75) is 26.3 Å². The Bertz CT molecular complexity index is 771. The lowest BCUT2D eigenvalue weighted by Gasteiger charge is -2.18. The number of hydrogen-bond acceptors (Lipinski definition) is 7. The van der Waals surface area contributed by atoms with Crippen molar-refractivity contribution in [1.82, 2.24) is 10.3 Å². The summed E-state index contributed by atoms with van der Waals surface area (Å²) in [5.41, 5.74) is 2.83. The number of carbonyl (C=O) groups excluding carboxylic acids is 3. The van der Waals surface area contributed by atoms with Crippen molar-refractivity contribution < 1.29 is 23.9 Å². The number of methoxy groups -OCH3 is 1. The first-order valence-corrected chi connectivity index (χ1v) is 8.66. The van der Waals surface area contributed by atoms with Crippen LogP contribution in [0.3, 0.4) is 0 Å². The molecule has 1 N–H and O–H groups in total. The fourth-order valence-electron chi connectivity index (χ4n) is 2.26. The van der Waals surface area contributed by atoms with E-state index in [1.165, 1.54) is 18.4 Å². The average molecular weight is 364 g/mol. The van der Waals surface area contributed by atoms with Crippen molar-refractivity contribution in [3.8, 4) is 0 Å². The highest BCUT2D eigenvalue weighted by atomic mass is 32.1. The first kappa shape index (κ1) is 18.9. The van der Waals surface area contributed by atoms with E-state index in [2.05, 4.69) is 15.0 Å². The van der Waals surface area contributed by atoms with Gasteiger partial charge in [-0.15, -0.1) is 11.3 Å². The Balaban J connectivity index is 1.91. The van der Waals surface area contributed by atoms with E-state index in [1.54, 1.807) is 23.7 Å². The highest BCUT2D eigenvalue weighted by Crippen LogP contribution is 2.19. The van der Waals surface area contributed by atoms with Crippen molar-refractivity contribution >= 4 is 39.4 Å². The summed E-state index contributed by atoms with van der Waals surface area (Å²) >= 11 is 1.41. The van der Waals surface area contributed by atoms with Crippen LogP contribution >= 0.6 is 11.3 Å². The summed E-state index contributed by atoms with van der Waals surface area (Å²) in [7, 11) is 1.26. The molecule has 0 saturated heterocycles. The predicted octanol–water partition coefficient (Wildman–Crippen LogP) is 2.16. The zero-order chi connectivity index (χ0) is 18.4. The Morgan fingerprint density at radius 2 is 2.04 bits per heavy atom. The van der Waals surface area contributed by atoms with E-state index in [-0.39, 0.29) is 5.92 Å². The third-order valence-electron chi connectivity index (χ3n) is 3.43. The molecule has 0 spiro atoms. The molecule has 1 amide bonds. The molecule has 1 atom stereocenters. The maximum atomic E-state index is 12.1. The number of benzene rings is 1. The molecule has 0 bridgehead atoms. The number of amides is 1.